The van der Waals surface area contributed by atoms with E-state index in [0.717, 1.165) is 50.8 Å². The van der Waals surface area contributed by atoms with Crippen molar-refractivity contribution in [2.45, 2.75) is 44.6 Å². The molecule has 3 heterocycles. The van der Waals surface area contributed by atoms with E-state index >= 15 is 0 Å². The van der Waals surface area contributed by atoms with Crippen LogP contribution in [0.2, 0.25) is 0 Å². The van der Waals surface area contributed by atoms with E-state index in [0.29, 0.717) is 11.2 Å². The molecule has 2 aliphatic rings. The summed E-state index contributed by atoms with van der Waals surface area (Å²) in [7, 11) is 1.59. The maximum Gasteiger partial charge on any atom is 0.256 e. The van der Waals surface area contributed by atoms with Gasteiger partial charge < -0.3 is 10.2 Å². The molecule has 1 N–H and O–H groups in total. The monoisotopic (exact) mass is 341 g/mol. The number of nitrogens with one attached hydrogen (secondary N) is 1. The van der Waals surface area contributed by atoms with Crippen LogP contribution >= 0.6 is 0 Å². The Hall–Kier alpha value is -2.44. The van der Waals surface area contributed by atoms with Gasteiger partial charge in [-0.3, -0.25) is 9.59 Å². The number of nitrogens with zero attached hydrogens (tertiary/aromatic N) is 4. The number of hydrogen-bond acceptors (Lipinski definition) is 4. The topological polar surface area (TPSA) is 79.6 Å². The lowest BCUT2D eigenvalue weighted by molar-refractivity contribution is -0.142. The highest BCUT2D eigenvalue weighted by molar-refractivity contribution is 5.99. The average Bonchev–Trinajstić information content (AvgIpc) is 3.03. The minimum atomic E-state index is -0.203. The fourth-order valence-corrected chi connectivity index (χ4v) is 3.85. The Morgan fingerprint density at radius 3 is 2.76 bits per heavy atom. The Balaban J connectivity index is 1.72. The SMILES string of the molecule is CNC(=O)c1cnn2c(C3CCCCN3C(=O)C3CCC3)ccnc12. The number of piperidine rings is 1. The Kier molecular flexibility index (Phi) is 4.15. The molecular weight excluding hydrogens is 318 g/mol. The van der Waals surface area contributed by atoms with E-state index in [1.807, 2.05) is 11.0 Å². The smallest absolute Gasteiger partial charge is 0.256 e. The van der Waals surface area contributed by atoms with Gasteiger partial charge in [-0.1, -0.05) is 6.42 Å². The van der Waals surface area contributed by atoms with Crippen molar-refractivity contribution in [3.05, 3.63) is 29.7 Å². The standard InChI is InChI=1S/C18H23N5O2/c1-19-17(24)13-11-21-23-15(8-9-20-16(13)23)14-7-2-3-10-22(14)18(25)12-5-4-6-12/h8-9,11-12,14H,2-7,10H2,1H3,(H,19,24). The minimum absolute atomic E-state index is 0.00443. The first-order valence-corrected chi connectivity index (χ1v) is 9.06. The Bertz CT molecular complexity index is 811. The highest BCUT2D eigenvalue weighted by atomic mass is 16.2. The normalized spacial score (nSPS) is 21.2. The summed E-state index contributed by atoms with van der Waals surface area (Å²) in [5.41, 5.74) is 1.93. The van der Waals surface area contributed by atoms with Gasteiger partial charge in [0.05, 0.1) is 17.9 Å². The molecule has 1 saturated heterocycles. The molecule has 4 rings (SSSR count). The zero-order chi connectivity index (χ0) is 17.4. The first-order valence-electron chi connectivity index (χ1n) is 9.06. The molecule has 1 aliphatic carbocycles. The molecule has 1 saturated carbocycles. The maximum absolute atomic E-state index is 12.9. The number of aromatic nitrogens is 3. The molecule has 0 spiro atoms. The van der Waals surface area contributed by atoms with Crippen molar-refractivity contribution in [2.24, 2.45) is 5.92 Å². The van der Waals surface area contributed by atoms with Crippen LogP contribution in [-0.4, -0.2) is 44.9 Å². The molecule has 0 radical (unpaired) electrons. The third-order valence-corrected chi connectivity index (χ3v) is 5.48. The van der Waals surface area contributed by atoms with Crippen molar-refractivity contribution in [1.29, 1.82) is 0 Å². The van der Waals surface area contributed by atoms with Crippen LogP contribution < -0.4 is 5.32 Å². The van der Waals surface area contributed by atoms with Crippen LogP contribution in [0.1, 0.15) is 60.6 Å². The number of rotatable bonds is 3. The third kappa shape index (κ3) is 2.67. The second-order valence-corrected chi connectivity index (χ2v) is 6.91. The Morgan fingerprint density at radius 1 is 1.20 bits per heavy atom. The van der Waals surface area contributed by atoms with E-state index in [2.05, 4.69) is 15.4 Å². The Labute approximate surface area is 146 Å². The third-order valence-electron chi connectivity index (χ3n) is 5.48. The fraction of sp³-hybridized carbons (Fsp3) is 0.556. The van der Waals surface area contributed by atoms with E-state index in [9.17, 15) is 9.59 Å². The summed E-state index contributed by atoms with van der Waals surface area (Å²) in [5.74, 6) is 0.266. The quantitative estimate of drug-likeness (QED) is 0.925. The molecule has 2 aromatic heterocycles. The molecule has 1 aliphatic heterocycles. The number of amides is 2. The highest BCUT2D eigenvalue weighted by Crippen LogP contribution is 2.36. The molecule has 7 nitrogen and oxygen atoms in total. The van der Waals surface area contributed by atoms with Crippen molar-refractivity contribution in [2.75, 3.05) is 13.6 Å². The second-order valence-electron chi connectivity index (χ2n) is 6.91. The summed E-state index contributed by atoms with van der Waals surface area (Å²) in [4.78, 5) is 31.3. The van der Waals surface area contributed by atoms with Crippen molar-refractivity contribution in [1.82, 2.24) is 24.8 Å². The molecule has 2 fully saturated rings. The van der Waals surface area contributed by atoms with Crippen LogP contribution in [0.3, 0.4) is 0 Å². The fourth-order valence-electron chi connectivity index (χ4n) is 3.85. The number of hydrogen-bond donors (Lipinski definition) is 1. The van der Waals surface area contributed by atoms with Crippen molar-refractivity contribution in [3.8, 4) is 0 Å². The summed E-state index contributed by atoms with van der Waals surface area (Å²) in [6.45, 7) is 0.799. The van der Waals surface area contributed by atoms with E-state index in [4.69, 9.17) is 0 Å². The molecule has 25 heavy (non-hydrogen) atoms. The zero-order valence-corrected chi connectivity index (χ0v) is 14.4. The van der Waals surface area contributed by atoms with Gasteiger partial charge in [-0.15, -0.1) is 0 Å². The summed E-state index contributed by atoms with van der Waals surface area (Å²) in [5, 5.41) is 7.01. The molecular formula is C18H23N5O2. The summed E-state index contributed by atoms with van der Waals surface area (Å²) >= 11 is 0. The van der Waals surface area contributed by atoms with Gasteiger partial charge in [0.1, 0.15) is 5.56 Å². The Morgan fingerprint density at radius 2 is 2.04 bits per heavy atom. The first kappa shape index (κ1) is 16.1. The summed E-state index contributed by atoms with van der Waals surface area (Å²) in [6.07, 6.45) is 9.49. The van der Waals surface area contributed by atoms with Gasteiger partial charge in [-0.25, -0.2) is 9.50 Å². The van der Waals surface area contributed by atoms with Crippen LogP contribution in [0, 0.1) is 5.92 Å². The van der Waals surface area contributed by atoms with Gasteiger partial charge in [0.2, 0.25) is 5.91 Å². The second kappa shape index (κ2) is 6.46. The van der Waals surface area contributed by atoms with Gasteiger partial charge in [0, 0.05) is 25.7 Å². The van der Waals surface area contributed by atoms with E-state index in [-0.39, 0.29) is 23.8 Å². The lowest BCUT2D eigenvalue weighted by Crippen LogP contribution is -2.44. The van der Waals surface area contributed by atoms with Crippen LogP contribution in [0.5, 0.6) is 0 Å². The minimum Gasteiger partial charge on any atom is -0.355 e. The van der Waals surface area contributed by atoms with Crippen molar-refractivity contribution >= 4 is 17.5 Å². The van der Waals surface area contributed by atoms with Gasteiger partial charge >= 0.3 is 0 Å². The number of carbonyl (C=O) groups excluding carboxylic acids is 2. The lowest BCUT2D eigenvalue weighted by Gasteiger charge is -2.39. The molecule has 2 amide bonds. The molecule has 7 heteroatoms. The first-order chi connectivity index (χ1) is 12.2. The van der Waals surface area contributed by atoms with E-state index in [1.165, 1.54) is 0 Å². The molecule has 132 valence electrons. The zero-order valence-electron chi connectivity index (χ0n) is 14.4. The van der Waals surface area contributed by atoms with Gasteiger partial charge in [-0.2, -0.15) is 5.10 Å². The molecule has 0 aromatic carbocycles. The van der Waals surface area contributed by atoms with E-state index < -0.39 is 0 Å². The van der Waals surface area contributed by atoms with Gasteiger partial charge in [-0.05, 0) is 38.2 Å². The molecule has 1 unspecified atom stereocenters. The van der Waals surface area contributed by atoms with Crippen LogP contribution in [0.25, 0.3) is 5.65 Å². The lowest BCUT2D eigenvalue weighted by atomic mass is 9.83. The van der Waals surface area contributed by atoms with Gasteiger partial charge in [0.15, 0.2) is 5.65 Å². The molecule has 1 atom stereocenters. The predicted molar refractivity (Wildman–Crippen MR) is 92.0 cm³/mol. The van der Waals surface area contributed by atoms with E-state index in [1.54, 1.807) is 24.0 Å². The molecule has 0 bridgehead atoms. The number of likely N-dealkylation sites (tertiary alicyclic amines) is 1. The maximum atomic E-state index is 12.9. The molecule has 2 aromatic rings. The van der Waals surface area contributed by atoms with Crippen molar-refractivity contribution < 1.29 is 9.59 Å². The van der Waals surface area contributed by atoms with Crippen LogP contribution in [0.15, 0.2) is 18.5 Å². The largest absolute Gasteiger partial charge is 0.355 e. The summed E-state index contributed by atoms with van der Waals surface area (Å²) in [6, 6.07) is 1.93. The average molecular weight is 341 g/mol. The van der Waals surface area contributed by atoms with Gasteiger partial charge in [0.25, 0.3) is 5.91 Å². The highest BCUT2D eigenvalue weighted by Gasteiger charge is 2.36. The van der Waals surface area contributed by atoms with Crippen LogP contribution in [-0.2, 0) is 4.79 Å². The number of fused-ring (bicyclic) bond motifs is 1. The summed E-state index contributed by atoms with van der Waals surface area (Å²) < 4.78 is 1.72. The predicted octanol–water partition coefficient (Wildman–Crippen LogP) is 1.94. The van der Waals surface area contributed by atoms with Crippen LogP contribution in [0.4, 0.5) is 0 Å². The van der Waals surface area contributed by atoms with Crippen molar-refractivity contribution in [3.63, 3.8) is 0 Å². The number of carbonyl (C=O) groups is 2.